The van der Waals surface area contributed by atoms with E-state index in [1.807, 2.05) is 0 Å². The molecule has 9 heavy (non-hydrogen) atoms. The van der Waals surface area contributed by atoms with Crippen molar-refractivity contribution in [3.05, 3.63) is 12.3 Å². The van der Waals surface area contributed by atoms with Crippen LogP contribution in [0.25, 0.3) is 0 Å². The summed E-state index contributed by atoms with van der Waals surface area (Å²) in [6.45, 7) is 0. The van der Waals surface area contributed by atoms with E-state index in [1.54, 1.807) is 0 Å². The Hall–Kier alpha value is -0.620. The molecular weight excluding hydrogens is 151 g/mol. The third kappa shape index (κ3) is 1.65. The molecule has 0 aromatic carbocycles. The molecule has 1 aliphatic rings. The van der Waals surface area contributed by atoms with Gasteiger partial charge in [0.05, 0.1) is 0 Å². The van der Waals surface area contributed by atoms with Gasteiger partial charge >= 0.3 is 10.4 Å². The van der Waals surface area contributed by atoms with Crippen molar-refractivity contribution >= 4 is 10.4 Å². The molecule has 0 fully saturated rings. The van der Waals surface area contributed by atoms with E-state index in [0.29, 0.717) is 0 Å². The molecule has 0 aliphatic carbocycles. The van der Waals surface area contributed by atoms with E-state index in [-0.39, 0.29) is 0 Å². The predicted molar refractivity (Wildman–Crippen MR) is 25.1 cm³/mol. The summed E-state index contributed by atoms with van der Waals surface area (Å²) in [4.78, 5) is 0. The minimum Gasteiger partial charge on any atom is -0.370 e. The van der Waals surface area contributed by atoms with Crippen molar-refractivity contribution in [3.8, 4) is 0 Å². The van der Waals surface area contributed by atoms with Gasteiger partial charge in [-0.3, -0.25) is 0 Å². The highest BCUT2D eigenvalue weighted by Crippen LogP contribution is 2.10. The van der Waals surface area contributed by atoms with Crippen molar-refractivity contribution in [2.45, 2.75) is 6.36 Å². The Morgan fingerprint density at radius 3 is 2.56 bits per heavy atom. The molecule has 4 nitrogen and oxygen atoms in total. The second-order valence-corrected chi connectivity index (χ2v) is 2.48. The molecular formula is C3H3FO4S. The van der Waals surface area contributed by atoms with E-state index in [9.17, 15) is 12.8 Å². The Labute approximate surface area is 51.2 Å². The number of halogens is 1. The maximum atomic E-state index is 11.9. The molecule has 0 saturated heterocycles. The minimum atomic E-state index is -4.09. The van der Waals surface area contributed by atoms with Crippen molar-refractivity contribution in [1.82, 2.24) is 0 Å². The van der Waals surface area contributed by atoms with E-state index in [4.69, 9.17) is 0 Å². The maximum absolute atomic E-state index is 11.9. The molecule has 0 radical (unpaired) electrons. The van der Waals surface area contributed by atoms with Crippen LogP contribution in [0.1, 0.15) is 0 Å². The molecule has 1 unspecified atom stereocenters. The van der Waals surface area contributed by atoms with Crippen LogP contribution in [-0.4, -0.2) is 14.8 Å². The molecule has 52 valence electrons. The molecule has 0 N–H and O–H groups in total. The van der Waals surface area contributed by atoms with Crippen molar-refractivity contribution < 1.29 is 21.2 Å². The Balaban J connectivity index is 2.81. The molecule has 1 atom stereocenters. The summed E-state index contributed by atoms with van der Waals surface area (Å²) >= 11 is 0. The predicted octanol–water partition coefficient (Wildman–Crippen LogP) is 0.0873. The van der Waals surface area contributed by atoms with Gasteiger partial charge in [-0.05, 0) is 0 Å². The van der Waals surface area contributed by atoms with E-state index in [1.165, 1.54) is 0 Å². The molecule has 0 bridgehead atoms. The van der Waals surface area contributed by atoms with Crippen LogP contribution >= 0.6 is 0 Å². The van der Waals surface area contributed by atoms with Crippen molar-refractivity contribution in [2.24, 2.45) is 0 Å². The first-order valence-electron chi connectivity index (χ1n) is 2.02. The van der Waals surface area contributed by atoms with Crippen molar-refractivity contribution in [1.29, 1.82) is 0 Å². The third-order valence-electron chi connectivity index (χ3n) is 0.613. The molecule has 1 aliphatic heterocycles. The van der Waals surface area contributed by atoms with Crippen molar-refractivity contribution in [3.63, 3.8) is 0 Å². The molecule has 0 aromatic rings. The third-order valence-corrected chi connectivity index (χ3v) is 1.38. The summed E-state index contributed by atoms with van der Waals surface area (Å²) in [6.07, 6.45) is -0.353. The Morgan fingerprint density at radius 2 is 2.22 bits per heavy atom. The van der Waals surface area contributed by atoms with Crippen LogP contribution in [0, 0.1) is 0 Å². The summed E-state index contributed by atoms with van der Waals surface area (Å²) in [5.41, 5.74) is 0. The second-order valence-electron chi connectivity index (χ2n) is 1.28. The van der Waals surface area contributed by atoms with Crippen LogP contribution in [0.5, 0.6) is 0 Å². The zero-order valence-electron chi connectivity index (χ0n) is 4.15. The van der Waals surface area contributed by atoms with Gasteiger partial charge in [-0.15, -0.1) is 0 Å². The summed E-state index contributed by atoms with van der Waals surface area (Å²) in [5.74, 6) is 0. The Morgan fingerprint density at radius 1 is 1.56 bits per heavy atom. The quantitative estimate of drug-likeness (QED) is 0.496. The van der Waals surface area contributed by atoms with Gasteiger partial charge in [-0.25, -0.2) is 4.39 Å². The van der Waals surface area contributed by atoms with E-state index in [0.717, 1.165) is 12.3 Å². The normalized spacial score (nSPS) is 31.4. The fraction of sp³-hybridized carbons (Fsp3) is 0.333. The SMILES string of the molecule is O=S1(=O)OC=CC(F)O1. The lowest BCUT2D eigenvalue weighted by atomic mass is 10.6. The first kappa shape index (κ1) is 6.50. The summed E-state index contributed by atoms with van der Waals surface area (Å²) in [6, 6.07) is 0. The highest BCUT2D eigenvalue weighted by atomic mass is 32.3. The van der Waals surface area contributed by atoms with Crippen LogP contribution in [0.3, 0.4) is 0 Å². The highest BCUT2D eigenvalue weighted by molar-refractivity contribution is 7.82. The van der Waals surface area contributed by atoms with Gasteiger partial charge in [-0.2, -0.15) is 12.6 Å². The molecule has 0 amide bonds. The van der Waals surface area contributed by atoms with Gasteiger partial charge in [0.15, 0.2) is 0 Å². The topological polar surface area (TPSA) is 52.6 Å². The Bertz CT molecular complexity index is 218. The molecule has 0 spiro atoms. The van der Waals surface area contributed by atoms with Gasteiger partial charge in [0, 0.05) is 6.08 Å². The lowest BCUT2D eigenvalue weighted by Gasteiger charge is -2.08. The maximum Gasteiger partial charge on any atom is 0.451 e. The first-order valence-corrected chi connectivity index (χ1v) is 3.36. The number of hydrogen-bond acceptors (Lipinski definition) is 4. The molecule has 6 heteroatoms. The monoisotopic (exact) mass is 154 g/mol. The minimum absolute atomic E-state index is 0.726. The van der Waals surface area contributed by atoms with Gasteiger partial charge in [0.2, 0.25) is 6.36 Å². The summed E-state index contributed by atoms with van der Waals surface area (Å²) < 4.78 is 39.7. The average molecular weight is 154 g/mol. The average Bonchev–Trinajstić information content (AvgIpc) is 1.60. The lowest BCUT2D eigenvalue weighted by molar-refractivity contribution is 0.0886. The molecule has 0 aromatic heterocycles. The summed E-state index contributed by atoms with van der Waals surface area (Å²) in [7, 11) is -4.09. The summed E-state index contributed by atoms with van der Waals surface area (Å²) in [5, 5.41) is 0. The second kappa shape index (κ2) is 1.96. The lowest BCUT2D eigenvalue weighted by Crippen LogP contribution is -2.16. The fourth-order valence-corrected chi connectivity index (χ4v) is 0.864. The van der Waals surface area contributed by atoms with Crippen molar-refractivity contribution in [2.75, 3.05) is 0 Å². The number of rotatable bonds is 0. The van der Waals surface area contributed by atoms with E-state index < -0.39 is 16.8 Å². The zero-order chi connectivity index (χ0) is 6.91. The van der Waals surface area contributed by atoms with E-state index in [2.05, 4.69) is 8.37 Å². The first-order chi connectivity index (χ1) is 4.10. The molecule has 1 rings (SSSR count). The number of alkyl halides is 1. The van der Waals surface area contributed by atoms with Crippen LogP contribution in [0.4, 0.5) is 4.39 Å². The van der Waals surface area contributed by atoms with Gasteiger partial charge in [0.1, 0.15) is 6.26 Å². The van der Waals surface area contributed by atoms with Crippen LogP contribution in [0.15, 0.2) is 12.3 Å². The number of hydrogen-bond donors (Lipinski definition) is 0. The smallest absolute Gasteiger partial charge is 0.370 e. The van der Waals surface area contributed by atoms with Crippen LogP contribution in [0.2, 0.25) is 0 Å². The van der Waals surface area contributed by atoms with Crippen LogP contribution in [-0.2, 0) is 18.8 Å². The molecule has 1 heterocycles. The molecule has 0 saturated carbocycles. The highest BCUT2D eigenvalue weighted by Gasteiger charge is 2.21. The van der Waals surface area contributed by atoms with Gasteiger partial charge < -0.3 is 4.18 Å². The van der Waals surface area contributed by atoms with E-state index >= 15 is 0 Å². The fourth-order valence-electron chi connectivity index (χ4n) is 0.329. The zero-order valence-corrected chi connectivity index (χ0v) is 4.97. The van der Waals surface area contributed by atoms with Crippen LogP contribution < -0.4 is 0 Å². The standard InChI is InChI=1S/C3H3FO4S/c4-3-1-2-7-9(5,6)8-3/h1-3H. The Kier molecular flexibility index (Phi) is 1.42. The van der Waals surface area contributed by atoms with Gasteiger partial charge in [-0.1, -0.05) is 0 Å². The largest absolute Gasteiger partial charge is 0.451 e. The van der Waals surface area contributed by atoms with Gasteiger partial charge in [0.25, 0.3) is 0 Å².